The van der Waals surface area contributed by atoms with E-state index in [-0.39, 0.29) is 0 Å². The third-order valence-corrected chi connectivity index (χ3v) is 7.11. The van der Waals surface area contributed by atoms with Gasteiger partial charge in [0, 0.05) is 16.7 Å². The number of nitrogens with zero attached hydrogens (tertiary/aromatic N) is 1. The van der Waals surface area contributed by atoms with Crippen molar-refractivity contribution in [2.75, 3.05) is 0 Å². The lowest BCUT2D eigenvalue weighted by Crippen LogP contribution is -2.08. The van der Waals surface area contributed by atoms with Crippen molar-refractivity contribution < 1.29 is 0 Å². The highest BCUT2D eigenvalue weighted by molar-refractivity contribution is 6.33. The van der Waals surface area contributed by atoms with Gasteiger partial charge in [-0.1, -0.05) is 140 Å². The molecular weight excluding hydrogens is 458 g/mol. The Hall–Kier alpha value is -4.49. The number of rotatable bonds is 7. The van der Waals surface area contributed by atoms with Crippen molar-refractivity contribution in [3.05, 3.63) is 161 Å². The van der Waals surface area contributed by atoms with Gasteiger partial charge in [-0.05, 0) is 53.8 Å². The molecular formula is C37H33N. The maximum absolute atomic E-state index is 5.58. The molecule has 0 aliphatic rings. The fourth-order valence-corrected chi connectivity index (χ4v) is 4.87. The van der Waals surface area contributed by atoms with Crippen LogP contribution in [-0.2, 0) is 0 Å². The topological polar surface area (TPSA) is 12.4 Å². The highest BCUT2D eigenvalue weighted by Gasteiger charge is 2.18. The summed E-state index contributed by atoms with van der Waals surface area (Å²) in [6.07, 6.45) is 0.947. The van der Waals surface area contributed by atoms with Crippen molar-refractivity contribution in [1.29, 1.82) is 0 Å². The van der Waals surface area contributed by atoms with Gasteiger partial charge in [-0.3, -0.25) is 0 Å². The molecule has 0 fully saturated rings. The van der Waals surface area contributed by atoms with Crippen molar-refractivity contribution in [1.82, 2.24) is 0 Å². The summed E-state index contributed by atoms with van der Waals surface area (Å²) in [7, 11) is 0. The van der Waals surface area contributed by atoms with Crippen LogP contribution in [0.25, 0.3) is 27.6 Å². The first-order valence-electron chi connectivity index (χ1n) is 13.3. The molecule has 0 radical (unpaired) electrons. The first-order chi connectivity index (χ1) is 18.7. The number of hydrogen-bond acceptors (Lipinski definition) is 1. The average molecular weight is 492 g/mol. The zero-order chi connectivity index (χ0) is 26.3. The Morgan fingerprint density at radius 3 is 1.66 bits per heavy atom. The van der Waals surface area contributed by atoms with Gasteiger partial charge in [0.15, 0.2) is 0 Å². The average Bonchev–Trinajstić information content (AvgIpc) is 2.99. The third kappa shape index (κ3) is 5.43. The van der Waals surface area contributed by atoms with Crippen LogP contribution in [0.15, 0.2) is 144 Å². The summed E-state index contributed by atoms with van der Waals surface area (Å²) in [4.78, 5) is 5.58. The van der Waals surface area contributed by atoms with Gasteiger partial charge >= 0.3 is 0 Å². The quantitative estimate of drug-likeness (QED) is 0.159. The second-order valence-corrected chi connectivity index (χ2v) is 9.60. The lowest BCUT2D eigenvalue weighted by Gasteiger charge is -2.18. The van der Waals surface area contributed by atoms with Gasteiger partial charge in [0.2, 0.25) is 0 Å². The normalized spacial score (nSPS) is 13.2. The summed E-state index contributed by atoms with van der Waals surface area (Å²) in [5.41, 5.74) is 10.2. The second kappa shape index (κ2) is 11.7. The van der Waals surface area contributed by atoms with E-state index in [1.165, 1.54) is 33.0 Å². The minimum Gasteiger partial charge on any atom is -0.247 e. The first-order valence-corrected chi connectivity index (χ1v) is 13.3. The molecule has 5 rings (SSSR count). The van der Waals surface area contributed by atoms with Crippen molar-refractivity contribution in [2.24, 2.45) is 4.99 Å². The van der Waals surface area contributed by atoms with Gasteiger partial charge in [-0.2, -0.15) is 0 Å². The van der Waals surface area contributed by atoms with Gasteiger partial charge in [0.25, 0.3) is 0 Å². The van der Waals surface area contributed by atoms with Crippen LogP contribution < -0.4 is 0 Å². The molecule has 0 N–H and O–H groups in total. The lowest BCUT2D eigenvalue weighted by atomic mass is 9.90. The van der Waals surface area contributed by atoms with Gasteiger partial charge in [-0.15, -0.1) is 0 Å². The van der Waals surface area contributed by atoms with Gasteiger partial charge in [0.1, 0.15) is 0 Å². The van der Waals surface area contributed by atoms with Crippen LogP contribution in [0.5, 0.6) is 0 Å². The standard InChI is InChI=1S/C37H33N/c1-4-27(2)35(31-19-10-6-11-20-31)37(32-21-12-7-13-22-32)38-36(28(3)29-16-8-5-9-17-29)34-25-24-30-18-14-15-23-33(30)26-34/h5-26H,4H2,1-3H3/b35-27+,36-28+,38-37-. The van der Waals surface area contributed by atoms with Crippen molar-refractivity contribution in [3.8, 4) is 0 Å². The third-order valence-electron chi connectivity index (χ3n) is 7.11. The number of benzene rings is 5. The highest BCUT2D eigenvalue weighted by Crippen LogP contribution is 2.33. The summed E-state index contributed by atoms with van der Waals surface area (Å²) in [6, 6.07) is 47.0. The lowest BCUT2D eigenvalue weighted by molar-refractivity contribution is 1.11. The Labute approximate surface area is 226 Å². The molecule has 0 amide bonds. The van der Waals surface area contributed by atoms with E-state index in [4.69, 9.17) is 4.99 Å². The molecule has 0 aliphatic carbocycles. The molecule has 0 atom stereocenters. The molecule has 1 heteroatoms. The van der Waals surface area contributed by atoms with Crippen LogP contribution in [0.1, 0.15) is 49.4 Å². The number of fused-ring (bicyclic) bond motifs is 1. The summed E-state index contributed by atoms with van der Waals surface area (Å²) in [6.45, 7) is 6.63. The molecule has 0 aromatic heterocycles. The summed E-state index contributed by atoms with van der Waals surface area (Å²) in [5, 5.41) is 2.44. The van der Waals surface area contributed by atoms with Crippen molar-refractivity contribution in [3.63, 3.8) is 0 Å². The van der Waals surface area contributed by atoms with Crippen LogP contribution >= 0.6 is 0 Å². The molecule has 0 saturated heterocycles. The molecule has 0 bridgehead atoms. The van der Waals surface area contributed by atoms with Crippen LogP contribution in [-0.4, -0.2) is 5.71 Å². The van der Waals surface area contributed by atoms with E-state index < -0.39 is 0 Å². The van der Waals surface area contributed by atoms with Crippen LogP contribution in [0.2, 0.25) is 0 Å². The van der Waals surface area contributed by atoms with Crippen molar-refractivity contribution >= 4 is 33.3 Å². The second-order valence-electron chi connectivity index (χ2n) is 9.60. The maximum atomic E-state index is 5.58. The molecule has 5 aromatic carbocycles. The van der Waals surface area contributed by atoms with Crippen LogP contribution in [0.3, 0.4) is 0 Å². The van der Waals surface area contributed by atoms with E-state index in [2.05, 4.69) is 154 Å². The summed E-state index contributed by atoms with van der Waals surface area (Å²) >= 11 is 0. The smallest absolute Gasteiger partial charge is 0.0787 e. The predicted molar refractivity (Wildman–Crippen MR) is 165 cm³/mol. The number of hydrogen-bond donors (Lipinski definition) is 0. The molecule has 1 nitrogen and oxygen atoms in total. The molecule has 38 heavy (non-hydrogen) atoms. The Bertz CT molecular complexity index is 1620. The summed E-state index contributed by atoms with van der Waals surface area (Å²) < 4.78 is 0. The Morgan fingerprint density at radius 2 is 1.05 bits per heavy atom. The monoisotopic (exact) mass is 491 g/mol. The van der Waals surface area contributed by atoms with Crippen molar-refractivity contribution in [2.45, 2.75) is 27.2 Å². The SMILES string of the molecule is CC/C(C)=C(/C(=N\C(=C(/C)c1ccccc1)c1ccc2ccccc2c1)c1ccccc1)c1ccccc1. The molecule has 0 heterocycles. The Morgan fingerprint density at radius 1 is 0.526 bits per heavy atom. The molecule has 186 valence electrons. The minimum absolute atomic E-state index is 0.947. The van der Waals surface area contributed by atoms with Gasteiger partial charge in [0.05, 0.1) is 11.4 Å². The molecule has 0 spiro atoms. The van der Waals surface area contributed by atoms with Crippen LogP contribution in [0.4, 0.5) is 0 Å². The van der Waals surface area contributed by atoms with E-state index >= 15 is 0 Å². The molecule has 0 aliphatic heterocycles. The number of aliphatic imine (C=N–C) groups is 1. The van der Waals surface area contributed by atoms with Crippen LogP contribution in [0, 0.1) is 0 Å². The fraction of sp³-hybridized carbons (Fsp3) is 0.108. The Balaban J connectivity index is 1.84. The van der Waals surface area contributed by atoms with Gasteiger partial charge < -0.3 is 0 Å². The zero-order valence-electron chi connectivity index (χ0n) is 22.4. The van der Waals surface area contributed by atoms with E-state index in [1.807, 2.05) is 0 Å². The fourth-order valence-electron chi connectivity index (χ4n) is 4.87. The maximum Gasteiger partial charge on any atom is 0.0787 e. The van der Waals surface area contributed by atoms with Gasteiger partial charge in [-0.25, -0.2) is 4.99 Å². The van der Waals surface area contributed by atoms with E-state index in [0.717, 1.165) is 34.5 Å². The zero-order valence-corrected chi connectivity index (χ0v) is 22.4. The van der Waals surface area contributed by atoms with E-state index in [9.17, 15) is 0 Å². The molecule has 0 saturated carbocycles. The molecule has 5 aromatic rings. The largest absolute Gasteiger partial charge is 0.247 e. The predicted octanol–water partition coefficient (Wildman–Crippen LogP) is 10.1. The number of allylic oxidation sites excluding steroid dienone is 3. The summed E-state index contributed by atoms with van der Waals surface area (Å²) in [5.74, 6) is 0. The molecule has 0 unspecified atom stereocenters. The van der Waals surface area contributed by atoms with E-state index in [1.54, 1.807) is 0 Å². The first kappa shape index (κ1) is 25.2. The highest BCUT2D eigenvalue weighted by atomic mass is 14.8. The van der Waals surface area contributed by atoms with E-state index in [0.29, 0.717) is 0 Å². The Kier molecular flexibility index (Phi) is 7.75. The minimum atomic E-state index is 0.947.